The quantitative estimate of drug-likeness (QED) is 0.855. The molecular formula is C10H11ClN4. The Hall–Kier alpha value is -1.39. The number of nitrogens with zero attached hydrogens (tertiary/aromatic N) is 3. The van der Waals surface area contributed by atoms with Crippen LogP contribution in [0.15, 0.2) is 30.6 Å². The summed E-state index contributed by atoms with van der Waals surface area (Å²) in [7, 11) is 0. The van der Waals surface area contributed by atoms with E-state index in [-0.39, 0.29) is 0 Å². The Bertz CT molecular complexity index is 452. The van der Waals surface area contributed by atoms with Crippen molar-refractivity contribution in [3.8, 4) is 0 Å². The zero-order valence-corrected chi connectivity index (χ0v) is 8.85. The topological polar surface area (TPSA) is 56.7 Å². The van der Waals surface area contributed by atoms with Gasteiger partial charge < -0.3 is 5.73 Å². The average molecular weight is 223 g/mol. The summed E-state index contributed by atoms with van der Waals surface area (Å²) in [5, 5.41) is 4.82. The molecule has 0 aliphatic heterocycles. The second kappa shape index (κ2) is 4.42. The summed E-state index contributed by atoms with van der Waals surface area (Å²) in [5.74, 6) is 0.759. The molecule has 0 fully saturated rings. The van der Waals surface area contributed by atoms with Crippen LogP contribution in [-0.2, 0) is 13.1 Å². The van der Waals surface area contributed by atoms with Crippen molar-refractivity contribution >= 4 is 11.6 Å². The third-order valence-electron chi connectivity index (χ3n) is 2.16. The van der Waals surface area contributed by atoms with Crippen molar-refractivity contribution in [3.63, 3.8) is 0 Å². The molecule has 0 atom stereocenters. The molecule has 0 aliphatic rings. The molecule has 2 N–H and O–H groups in total. The Morgan fingerprint density at radius 2 is 2.13 bits per heavy atom. The summed E-state index contributed by atoms with van der Waals surface area (Å²) in [6.07, 6.45) is 1.50. The monoisotopic (exact) mass is 222 g/mol. The summed E-state index contributed by atoms with van der Waals surface area (Å²) in [6, 6.07) is 7.66. The summed E-state index contributed by atoms with van der Waals surface area (Å²) in [4.78, 5) is 4.04. The SMILES string of the molecule is NCc1ncnn1Cc1ccccc1Cl. The lowest BCUT2D eigenvalue weighted by atomic mass is 10.2. The lowest BCUT2D eigenvalue weighted by Gasteiger charge is -2.05. The fourth-order valence-electron chi connectivity index (χ4n) is 1.37. The van der Waals surface area contributed by atoms with Gasteiger partial charge in [0.25, 0.3) is 0 Å². The standard InChI is InChI=1S/C10H11ClN4/c11-9-4-2-1-3-8(9)6-15-10(5-12)13-7-14-15/h1-4,7H,5-6,12H2. The van der Waals surface area contributed by atoms with Crippen LogP contribution in [0.2, 0.25) is 5.02 Å². The van der Waals surface area contributed by atoms with Gasteiger partial charge in [0.1, 0.15) is 12.2 Å². The van der Waals surface area contributed by atoms with Gasteiger partial charge in [0.05, 0.1) is 13.1 Å². The highest BCUT2D eigenvalue weighted by molar-refractivity contribution is 6.31. The summed E-state index contributed by atoms with van der Waals surface area (Å²) >= 11 is 6.04. The summed E-state index contributed by atoms with van der Waals surface area (Å²) in [5.41, 5.74) is 6.54. The fourth-order valence-corrected chi connectivity index (χ4v) is 1.56. The van der Waals surface area contributed by atoms with Gasteiger partial charge >= 0.3 is 0 Å². The van der Waals surface area contributed by atoms with Crippen molar-refractivity contribution in [3.05, 3.63) is 47.0 Å². The zero-order valence-electron chi connectivity index (χ0n) is 8.10. The van der Waals surface area contributed by atoms with Gasteiger partial charge in [-0.25, -0.2) is 9.67 Å². The van der Waals surface area contributed by atoms with Crippen LogP contribution in [0.4, 0.5) is 0 Å². The lowest BCUT2D eigenvalue weighted by molar-refractivity contribution is 0.639. The first-order valence-electron chi connectivity index (χ1n) is 4.61. The first-order valence-corrected chi connectivity index (χ1v) is 4.99. The fraction of sp³-hybridized carbons (Fsp3) is 0.200. The van der Waals surface area contributed by atoms with Crippen LogP contribution in [0, 0.1) is 0 Å². The number of benzene rings is 1. The van der Waals surface area contributed by atoms with Gasteiger partial charge in [-0.1, -0.05) is 29.8 Å². The second-order valence-corrected chi connectivity index (χ2v) is 3.54. The van der Waals surface area contributed by atoms with Crippen molar-refractivity contribution < 1.29 is 0 Å². The minimum atomic E-state index is 0.379. The van der Waals surface area contributed by atoms with Crippen molar-refractivity contribution in [2.45, 2.75) is 13.1 Å². The Morgan fingerprint density at radius 1 is 1.33 bits per heavy atom. The third-order valence-corrected chi connectivity index (χ3v) is 2.52. The molecule has 2 rings (SSSR count). The molecule has 1 heterocycles. The molecule has 0 unspecified atom stereocenters. The molecular weight excluding hydrogens is 212 g/mol. The Labute approximate surface area is 92.7 Å². The first kappa shape index (κ1) is 10.1. The molecule has 78 valence electrons. The van der Waals surface area contributed by atoms with Gasteiger partial charge in [-0.05, 0) is 11.6 Å². The van der Waals surface area contributed by atoms with E-state index in [0.717, 1.165) is 16.4 Å². The first-order chi connectivity index (χ1) is 7.31. The van der Waals surface area contributed by atoms with Gasteiger partial charge in [0.2, 0.25) is 0 Å². The Balaban J connectivity index is 2.26. The number of hydrogen-bond acceptors (Lipinski definition) is 3. The van der Waals surface area contributed by atoms with Crippen molar-refractivity contribution in [2.75, 3.05) is 0 Å². The molecule has 5 heteroatoms. The van der Waals surface area contributed by atoms with E-state index in [1.807, 2.05) is 24.3 Å². The van der Waals surface area contributed by atoms with Crippen LogP contribution in [-0.4, -0.2) is 14.8 Å². The Morgan fingerprint density at radius 3 is 2.87 bits per heavy atom. The number of hydrogen-bond donors (Lipinski definition) is 1. The molecule has 0 spiro atoms. The molecule has 0 bridgehead atoms. The van der Waals surface area contributed by atoms with E-state index in [4.69, 9.17) is 17.3 Å². The van der Waals surface area contributed by atoms with Gasteiger partial charge in [-0.15, -0.1) is 0 Å². The molecule has 1 aromatic heterocycles. The minimum Gasteiger partial charge on any atom is -0.324 e. The Kier molecular flexibility index (Phi) is 2.99. The molecule has 4 nitrogen and oxygen atoms in total. The van der Waals surface area contributed by atoms with Crippen molar-refractivity contribution in [1.29, 1.82) is 0 Å². The van der Waals surface area contributed by atoms with Crippen molar-refractivity contribution in [1.82, 2.24) is 14.8 Å². The van der Waals surface area contributed by atoms with Crippen LogP contribution in [0.1, 0.15) is 11.4 Å². The molecule has 0 saturated heterocycles. The molecule has 0 amide bonds. The average Bonchev–Trinajstić information content (AvgIpc) is 2.69. The van der Waals surface area contributed by atoms with Crippen LogP contribution in [0.3, 0.4) is 0 Å². The largest absolute Gasteiger partial charge is 0.324 e. The molecule has 0 saturated carbocycles. The number of nitrogens with two attached hydrogens (primary N) is 1. The number of aromatic nitrogens is 3. The van der Waals surface area contributed by atoms with Gasteiger partial charge in [0.15, 0.2) is 0 Å². The highest BCUT2D eigenvalue weighted by atomic mass is 35.5. The third kappa shape index (κ3) is 2.16. The highest BCUT2D eigenvalue weighted by Gasteiger charge is 2.04. The number of rotatable bonds is 3. The van der Waals surface area contributed by atoms with E-state index in [1.165, 1.54) is 6.33 Å². The molecule has 1 aromatic carbocycles. The van der Waals surface area contributed by atoms with Crippen LogP contribution < -0.4 is 5.73 Å². The molecule has 2 aromatic rings. The maximum absolute atomic E-state index is 6.04. The maximum atomic E-state index is 6.04. The lowest BCUT2D eigenvalue weighted by Crippen LogP contribution is -2.10. The minimum absolute atomic E-state index is 0.379. The van der Waals surface area contributed by atoms with Crippen molar-refractivity contribution in [2.24, 2.45) is 5.73 Å². The second-order valence-electron chi connectivity index (χ2n) is 3.13. The van der Waals surface area contributed by atoms with Crippen LogP contribution in [0.5, 0.6) is 0 Å². The smallest absolute Gasteiger partial charge is 0.140 e. The van der Waals surface area contributed by atoms with Gasteiger partial charge in [0, 0.05) is 5.02 Å². The predicted octanol–water partition coefficient (Wildman–Crippen LogP) is 1.44. The van der Waals surface area contributed by atoms with Crippen LogP contribution >= 0.6 is 11.6 Å². The van der Waals surface area contributed by atoms with Gasteiger partial charge in [-0.3, -0.25) is 0 Å². The number of halogens is 1. The molecule has 0 radical (unpaired) electrons. The summed E-state index contributed by atoms with van der Waals surface area (Å²) in [6.45, 7) is 0.983. The van der Waals surface area contributed by atoms with E-state index in [1.54, 1.807) is 4.68 Å². The molecule has 0 aliphatic carbocycles. The van der Waals surface area contributed by atoms with E-state index < -0.39 is 0 Å². The normalized spacial score (nSPS) is 10.5. The predicted molar refractivity (Wildman–Crippen MR) is 58.5 cm³/mol. The van der Waals surface area contributed by atoms with E-state index in [9.17, 15) is 0 Å². The van der Waals surface area contributed by atoms with Crippen LogP contribution in [0.25, 0.3) is 0 Å². The van der Waals surface area contributed by atoms with Gasteiger partial charge in [-0.2, -0.15) is 5.10 Å². The maximum Gasteiger partial charge on any atom is 0.140 e. The highest BCUT2D eigenvalue weighted by Crippen LogP contribution is 2.16. The van der Waals surface area contributed by atoms with E-state index >= 15 is 0 Å². The summed E-state index contributed by atoms with van der Waals surface area (Å²) < 4.78 is 1.75. The van der Waals surface area contributed by atoms with E-state index in [2.05, 4.69) is 10.1 Å². The molecule has 15 heavy (non-hydrogen) atoms. The van der Waals surface area contributed by atoms with E-state index in [0.29, 0.717) is 13.1 Å². The zero-order chi connectivity index (χ0) is 10.7.